The van der Waals surface area contributed by atoms with E-state index in [-0.39, 0.29) is 0 Å². The fourth-order valence-corrected chi connectivity index (χ4v) is 1.88. The van der Waals surface area contributed by atoms with Crippen LogP contribution in [-0.4, -0.2) is 33.0 Å². The summed E-state index contributed by atoms with van der Waals surface area (Å²) in [5, 5.41) is 7.84. The van der Waals surface area contributed by atoms with Crippen LogP contribution in [0.4, 0.5) is 0 Å². The van der Waals surface area contributed by atoms with E-state index in [1.54, 1.807) is 6.20 Å². The van der Waals surface area contributed by atoms with Gasteiger partial charge in [0.2, 0.25) is 0 Å². The number of hydrogen-bond donors (Lipinski definition) is 0. The number of hydrogen-bond acceptors (Lipinski definition) is 3. The molecule has 4 nitrogen and oxygen atoms in total. The molecule has 0 N–H and O–H groups in total. The predicted molar refractivity (Wildman–Crippen MR) is 50.2 cm³/mol. The van der Waals surface area contributed by atoms with Crippen molar-refractivity contribution in [2.75, 3.05) is 13.1 Å². The Morgan fingerprint density at radius 3 is 2.62 bits per heavy atom. The molecule has 0 aromatic carbocycles. The lowest BCUT2D eigenvalue weighted by atomic mass is 10.1. The highest BCUT2D eigenvalue weighted by Crippen LogP contribution is 2.17. The molecule has 0 aliphatic carbocycles. The third-order valence-corrected chi connectivity index (χ3v) is 2.74. The molecular formula is C9H16N4. The van der Waals surface area contributed by atoms with Crippen LogP contribution < -0.4 is 0 Å². The lowest BCUT2D eigenvalue weighted by Crippen LogP contribution is -2.35. The largest absolute Gasteiger partial charge is 0.282 e. The van der Waals surface area contributed by atoms with Crippen molar-refractivity contribution in [3.8, 4) is 0 Å². The molecule has 1 atom stereocenters. The lowest BCUT2D eigenvalue weighted by Gasteiger charge is -2.31. The Morgan fingerprint density at radius 2 is 2.00 bits per heavy atom. The maximum atomic E-state index is 4.02. The molecule has 2 rings (SSSR count). The highest BCUT2D eigenvalue weighted by atomic mass is 15.5. The molecule has 0 bridgehead atoms. The van der Waals surface area contributed by atoms with Gasteiger partial charge >= 0.3 is 0 Å². The highest BCUT2D eigenvalue weighted by Gasteiger charge is 2.17. The second kappa shape index (κ2) is 3.87. The number of likely N-dealkylation sites (tertiary alicyclic amines) is 1. The Bertz CT molecular complexity index is 238. The molecule has 1 aromatic heterocycles. The Morgan fingerprint density at radius 1 is 1.23 bits per heavy atom. The zero-order valence-electron chi connectivity index (χ0n) is 8.06. The van der Waals surface area contributed by atoms with Gasteiger partial charge in [-0.2, -0.15) is 0 Å². The van der Waals surface area contributed by atoms with Crippen LogP contribution in [0.25, 0.3) is 0 Å². The normalized spacial score (nSPS) is 21.6. The summed E-state index contributed by atoms with van der Waals surface area (Å²) in [6, 6.07) is 0. The highest BCUT2D eigenvalue weighted by molar-refractivity contribution is 4.73. The van der Waals surface area contributed by atoms with Crippen molar-refractivity contribution in [1.29, 1.82) is 0 Å². The van der Waals surface area contributed by atoms with Crippen molar-refractivity contribution in [3.05, 3.63) is 12.4 Å². The van der Waals surface area contributed by atoms with Crippen molar-refractivity contribution in [3.63, 3.8) is 0 Å². The van der Waals surface area contributed by atoms with Crippen LogP contribution in [0.5, 0.6) is 0 Å². The van der Waals surface area contributed by atoms with Crippen LogP contribution in [0.2, 0.25) is 0 Å². The van der Waals surface area contributed by atoms with E-state index >= 15 is 0 Å². The second-order valence-electron chi connectivity index (χ2n) is 3.61. The average Bonchev–Trinajstić information content (AvgIpc) is 2.71. The van der Waals surface area contributed by atoms with Crippen molar-refractivity contribution in [1.82, 2.24) is 19.9 Å². The third-order valence-electron chi connectivity index (χ3n) is 2.74. The third kappa shape index (κ3) is 1.88. The Labute approximate surface area is 78.5 Å². The molecular weight excluding hydrogens is 164 g/mol. The van der Waals surface area contributed by atoms with Gasteiger partial charge in [-0.1, -0.05) is 11.6 Å². The first kappa shape index (κ1) is 8.69. The summed E-state index contributed by atoms with van der Waals surface area (Å²) >= 11 is 0. The summed E-state index contributed by atoms with van der Waals surface area (Å²) in [5.41, 5.74) is 0. The van der Waals surface area contributed by atoms with Crippen molar-refractivity contribution in [2.45, 2.75) is 32.4 Å². The first-order valence-electron chi connectivity index (χ1n) is 4.98. The van der Waals surface area contributed by atoms with E-state index in [4.69, 9.17) is 0 Å². The molecule has 0 radical (unpaired) electrons. The number of aromatic nitrogens is 3. The Balaban J connectivity index is 1.99. The zero-order chi connectivity index (χ0) is 9.10. The molecule has 1 aliphatic heterocycles. The lowest BCUT2D eigenvalue weighted by molar-refractivity contribution is 0.115. The fourth-order valence-electron chi connectivity index (χ4n) is 1.88. The van der Waals surface area contributed by atoms with Crippen LogP contribution in [0, 0.1) is 0 Å². The van der Waals surface area contributed by atoms with E-state index in [9.17, 15) is 0 Å². The van der Waals surface area contributed by atoms with E-state index in [0.717, 1.165) is 0 Å². The molecule has 4 heteroatoms. The van der Waals surface area contributed by atoms with Gasteiger partial charge in [0.1, 0.15) is 6.17 Å². The van der Waals surface area contributed by atoms with Gasteiger partial charge in [0, 0.05) is 19.3 Å². The van der Waals surface area contributed by atoms with E-state index in [1.807, 2.05) is 10.9 Å². The maximum Gasteiger partial charge on any atom is 0.103 e. The summed E-state index contributed by atoms with van der Waals surface area (Å²) in [6.45, 7) is 4.57. The van der Waals surface area contributed by atoms with Gasteiger partial charge in [-0.05, 0) is 19.8 Å². The van der Waals surface area contributed by atoms with Crippen molar-refractivity contribution < 1.29 is 0 Å². The first-order chi connectivity index (χ1) is 6.38. The van der Waals surface area contributed by atoms with E-state index in [2.05, 4.69) is 22.1 Å². The summed E-state index contributed by atoms with van der Waals surface area (Å²) < 4.78 is 1.92. The van der Waals surface area contributed by atoms with Crippen LogP contribution >= 0.6 is 0 Å². The topological polar surface area (TPSA) is 34.0 Å². The zero-order valence-corrected chi connectivity index (χ0v) is 8.06. The molecule has 0 saturated carbocycles. The van der Waals surface area contributed by atoms with E-state index < -0.39 is 0 Å². The molecule has 0 spiro atoms. The number of nitrogens with zero attached hydrogens (tertiary/aromatic N) is 4. The van der Waals surface area contributed by atoms with E-state index in [1.165, 1.54) is 32.4 Å². The smallest absolute Gasteiger partial charge is 0.103 e. The van der Waals surface area contributed by atoms with Crippen molar-refractivity contribution >= 4 is 0 Å². The van der Waals surface area contributed by atoms with Crippen LogP contribution in [-0.2, 0) is 0 Å². The van der Waals surface area contributed by atoms with Gasteiger partial charge in [0.15, 0.2) is 0 Å². The molecule has 2 heterocycles. The fraction of sp³-hybridized carbons (Fsp3) is 0.778. The SMILES string of the molecule is CC(N1CCCCC1)n1ccnn1. The number of piperidine rings is 1. The van der Waals surface area contributed by atoms with Gasteiger partial charge in [0.25, 0.3) is 0 Å². The predicted octanol–water partition coefficient (Wildman–Crippen LogP) is 1.28. The standard InChI is InChI=1S/C9H16N4/c1-9(13-8-5-10-11-13)12-6-3-2-4-7-12/h5,8-9H,2-4,6-7H2,1H3. The average molecular weight is 180 g/mol. The second-order valence-corrected chi connectivity index (χ2v) is 3.61. The van der Waals surface area contributed by atoms with Gasteiger partial charge < -0.3 is 0 Å². The molecule has 1 saturated heterocycles. The Hall–Kier alpha value is -0.900. The summed E-state index contributed by atoms with van der Waals surface area (Å²) in [5.74, 6) is 0. The maximum absolute atomic E-state index is 4.02. The van der Waals surface area contributed by atoms with Crippen molar-refractivity contribution in [2.24, 2.45) is 0 Å². The molecule has 1 unspecified atom stereocenters. The molecule has 72 valence electrons. The van der Waals surface area contributed by atoms with Gasteiger partial charge in [-0.15, -0.1) is 5.10 Å². The van der Waals surface area contributed by atoms with Crippen LogP contribution in [0.3, 0.4) is 0 Å². The Kier molecular flexibility index (Phi) is 2.59. The van der Waals surface area contributed by atoms with Crippen LogP contribution in [0.1, 0.15) is 32.4 Å². The first-order valence-corrected chi connectivity index (χ1v) is 4.98. The summed E-state index contributed by atoms with van der Waals surface area (Å²) in [7, 11) is 0. The van der Waals surface area contributed by atoms with Gasteiger partial charge in [-0.25, -0.2) is 4.68 Å². The summed E-state index contributed by atoms with van der Waals surface area (Å²) in [4.78, 5) is 2.46. The minimum Gasteiger partial charge on any atom is -0.282 e. The minimum absolute atomic E-state index is 0.364. The molecule has 1 fully saturated rings. The molecule has 1 aliphatic rings. The van der Waals surface area contributed by atoms with Gasteiger partial charge in [0.05, 0.1) is 6.20 Å². The molecule has 13 heavy (non-hydrogen) atoms. The van der Waals surface area contributed by atoms with E-state index in [0.29, 0.717) is 6.17 Å². The van der Waals surface area contributed by atoms with Gasteiger partial charge in [-0.3, -0.25) is 4.90 Å². The monoisotopic (exact) mass is 180 g/mol. The van der Waals surface area contributed by atoms with Crippen LogP contribution in [0.15, 0.2) is 12.4 Å². The minimum atomic E-state index is 0.364. The molecule has 1 aromatic rings. The number of rotatable bonds is 2. The quantitative estimate of drug-likeness (QED) is 0.687. The molecule has 0 amide bonds. The summed E-state index contributed by atoms with van der Waals surface area (Å²) in [6.07, 6.45) is 8.04.